The van der Waals surface area contributed by atoms with Crippen molar-refractivity contribution in [3.63, 3.8) is 0 Å². The highest BCUT2D eigenvalue weighted by Gasteiger charge is 2.33. The van der Waals surface area contributed by atoms with Gasteiger partial charge in [-0.2, -0.15) is 5.48 Å². The quantitative estimate of drug-likeness (QED) is 0.764. The van der Waals surface area contributed by atoms with Gasteiger partial charge in [-0.05, 0) is 41.3 Å². The lowest BCUT2D eigenvalue weighted by Gasteiger charge is -2.30. The molecule has 1 aliphatic carbocycles. The molecular formula is C16H14FNO. The van der Waals surface area contributed by atoms with Gasteiger partial charge in [0.05, 0.1) is 5.54 Å². The molecule has 0 radical (unpaired) electrons. The molecule has 1 atom stereocenters. The monoisotopic (exact) mass is 255 g/mol. The molecule has 0 aromatic heterocycles. The SMILES string of the molecule is C[C@]1(NO)c2ccccc2C=Cc2ccc(F)cc21. The molecule has 2 N–H and O–H groups in total. The summed E-state index contributed by atoms with van der Waals surface area (Å²) in [6.45, 7) is 1.84. The van der Waals surface area contributed by atoms with Crippen molar-refractivity contribution < 1.29 is 9.60 Å². The molecule has 0 unspecified atom stereocenters. The van der Waals surface area contributed by atoms with Crippen LogP contribution >= 0.6 is 0 Å². The Bertz CT molecular complexity index is 666. The fourth-order valence-electron chi connectivity index (χ4n) is 2.65. The Morgan fingerprint density at radius 3 is 2.42 bits per heavy atom. The summed E-state index contributed by atoms with van der Waals surface area (Å²) in [6.07, 6.45) is 3.92. The van der Waals surface area contributed by atoms with E-state index in [2.05, 4.69) is 5.48 Å². The number of benzene rings is 2. The first-order valence-electron chi connectivity index (χ1n) is 6.14. The van der Waals surface area contributed by atoms with Crippen LogP contribution in [0.2, 0.25) is 0 Å². The van der Waals surface area contributed by atoms with Crippen molar-refractivity contribution in [2.45, 2.75) is 12.5 Å². The molecule has 0 amide bonds. The van der Waals surface area contributed by atoms with Crippen LogP contribution in [-0.4, -0.2) is 5.21 Å². The van der Waals surface area contributed by atoms with Gasteiger partial charge in [-0.1, -0.05) is 42.5 Å². The molecule has 3 rings (SSSR count). The van der Waals surface area contributed by atoms with Gasteiger partial charge in [-0.25, -0.2) is 4.39 Å². The molecule has 19 heavy (non-hydrogen) atoms. The Labute approximate surface area is 111 Å². The van der Waals surface area contributed by atoms with Crippen LogP contribution in [0, 0.1) is 5.82 Å². The normalized spacial score (nSPS) is 20.6. The van der Waals surface area contributed by atoms with E-state index in [1.807, 2.05) is 43.3 Å². The van der Waals surface area contributed by atoms with Gasteiger partial charge in [0.1, 0.15) is 5.82 Å². The Balaban J connectivity index is 2.35. The number of rotatable bonds is 1. The number of hydrogen-bond acceptors (Lipinski definition) is 2. The minimum Gasteiger partial charge on any atom is -0.316 e. The van der Waals surface area contributed by atoms with Crippen molar-refractivity contribution in [2.75, 3.05) is 0 Å². The molecule has 1 aliphatic rings. The van der Waals surface area contributed by atoms with Crippen LogP contribution in [0.15, 0.2) is 42.5 Å². The van der Waals surface area contributed by atoms with Crippen molar-refractivity contribution in [1.82, 2.24) is 5.48 Å². The van der Waals surface area contributed by atoms with Crippen LogP contribution in [0.5, 0.6) is 0 Å². The minimum absolute atomic E-state index is 0.312. The van der Waals surface area contributed by atoms with Gasteiger partial charge in [-0.3, -0.25) is 0 Å². The first-order valence-corrected chi connectivity index (χ1v) is 6.14. The molecule has 0 bridgehead atoms. The van der Waals surface area contributed by atoms with Crippen molar-refractivity contribution in [3.05, 3.63) is 70.5 Å². The van der Waals surface area contributed by atoms with Gasteiger partial charge < -0.3 is 5.21 Å². The fourth-order valence-corrected chi connectivity index (χ4v) is 2.65. The minimum atomic E-state index is -0.836. The predicted octanol–water partition coefficient (Wildman–Crippen LogP) is 3.55. The van der Waals surface area contributed by atoms with E-state index in [1.165, 1.54) is 12.1 Å². The number of halogens is 1. The topological polar surface area (TPSA) is 32.3 Å². The maximum absolute atomic E-state index is 13.5. The van der Waals surface area contributed by atoms with E-state index in [4.69, 9.17) is 0 Å². The standard InChI is InChI=1S/C16H14FNO/c1-16(18-19)14-5-3-2-4-11(14)6-7-12-8-9-13(17)10-15(12)16/h2-10,18-19H,1H3/t16-/m0/s1. The molecule has 0 heterocycles. The van der Waals surface area contributed by atoms with Gasteiger partial charge in [-0.15, -0.1) is 0 Å². The van der Waals surface area contributed by atoms with E-state index in [9.17, 15) is 9.60 Å². The predicted molar refractivity (Wildman–Crippen MR) is 73.1 cm³/mol. The average molecular weight is 255 g/mol. The molecular weight excluding hydrogens is 241 g/mol. The van der Waals surface area contributed by atoms with E-state index in [0.717, 1.165) is 22.3 Å². The lowest BCUT2D eigenvalue weighted by molar-refractivity contribution is 0.0920. The molecule has 0 saturated carbocycles. The summed E-state index contributed by atoms with van der Waals surface area (Å²) in [5, 5.41) is 9.66. The molecule has 2 aromatic carbocycles. The first-order chi connectivity index (χ1) is 9.15. The van der Waals surface area contributed by atoms with Gasteiger partial charge in [0.2, 0.25) is 0 Å². The third-order valence-electron chi connectivity index (χ3n) is 3.72. The summed E-state index contributed by atoms with van der Waals surface area (Å²) in [6, 6.07) is 12.4. The van der Waals surface area contributed by atoms with E-state index in [1.54, 1.807) is 6.07 Å². The summed E-state index contributed by atoms with van der Waals surface area (Å²) in [5.41, 5.74) is 5.04. The fraction of sp³-hybridized carbons (Fsp3) is 0.125. The molecule has 0 fully saturated rings. The summed E-state index contributed by atoms with van der Waals surface area (Å²) in [5.74, 6) is -0.312. The third kappa shape index (κ3) is 1.79. The highest BCUT2D eigenvalue weighted by molar-refractivity contribution is 5.77. The summed E-state index contributed by atoms with van der Waals surface area (Å²) in [4.78, 5) is 0. The van der Waals surface area contributed by atoms with Crippen molar-refractivity contribution in [1.29, 1.82) is 0 Å². The first kappa shape index (κ1) is 12.1. The van der Waals surface area contributed by atoms with Crippen molar-refractivity contribution in [2.24, 2.45) is 0 Å². The largest absolute Gasteiger partial charge is 0.316 e. The Morgan fingerprint density at radius 1 is 1.00 bits per heavy atom. The second kappa shape index (κ2) is 4.30. The van der Waals surface area contributed by atoms with E-state index in [-0.39, 0.29) is 5.82 Å². The number of fused-ring (bicyclic) bond motifs is 2. The highest BCUT2D eigenvalue weighted by Crippen LogP contribution is 2.37. The lowest BCUT2D eigenvalue weighted by atomic mass is 9.82. The second-order valence-corrected chi connectivity index (χ2v) is 4.89. The van der Waals surface area contributed by atoms with Crippen LogP contribution in [0.1, 0.15) is 29.2 Å². The third-order valence-corrected chi connectivity index (χ3v) is 3.72. The van der Waals surface area contributed by atoms with Crippen LogP contribution in [0.3, 0.4) is 0 Å². The van der Waals surface area contributed by atoms with Crippen LogP contribution < -0.4 is 5.48 Å². The van der Waals surface area contributed by atoms with Crippen LogP contribution in [-0.2, 0) is 5.54 Å². The van der Waals surface area contributed by atoms with Crippen molar-refractivity contribution in [3.8, 4) is 0 Å². The van der Waals surface area contributed by atoms with E-state index in [0.29, 0.717) is 0 Å². The Kier molecular flexibility index (Phi) is 2.73. The molecule has 96 valence electrons. The maximum atomic E-state index is 13.5. The molecule has 3 heteroatoms. The zero-order chi connectivity index (χ0) is 13.5. The van der Waals surface area contributed by atoms with Gasteiger partial charge in [0, 0.05) is 0 Å². The Hall–Kier alpha value is -1.97. The number of hydrogen-bond donors (Lipinski definition) is 2. The lowest BCUT2D eigenvalue weighted by Crippen LogP contribution is -2.39. The smallest absolute Gasteiger partial charge is 0.123 e. The maximum Gasteiger partial charge on any atom is 0.123 e. The Morgan fingerprint density at radius 2 is 1.68 bits per heavy atom. The van der Waals surface area contributed by atoms with Crippen molar-refractivity contribution >= 4 is 12.2 Å². The van der Waals surface area contributed by atoms with E-state index >= 15 is 0 Å². The van der Waals surface area contributed by atoms with Crippen LogP contribution in [0.25, 0.3) is 12.2 Å². The van der Waals surface area contributed by atoms with Gasteiger partial charge in [0.15, 0.2) is 0 Å². The summed E-state index contributed by atoms with van der Waals surface area (Å²) < 4.78 is 13.5. The highest BCUT2D eigenvalue weighted by atomic mass is 19.1. The van der Waals surface area contributed by atoms with E-state index < -0.39 is 5.54 Å². The average Bonchev–Trinajstić information content (AvgIpc) is 2.56. The number of hydroxylamine groups is 1. The zero-order valence-corrected chi connectivity index (χ0v) is 10.5. The second-order valence-electron chi connectivity index (χ2n) is 4.89. The number of nitrogens with one attached hydrogen (secondary N) is 1. The summed E-state index contributed by atoms with van der Waals surface area (Å²) in [7, 11) is 0. The molecule has 0 saturated heterocycles. The molecule has 2 aromatic rings. The van der Waals surface area contributed by atoms with Gasteiger partial charge >= 0.3 is 0 Å². The van der Waals surface area contributed by atoms with Crippen LogP contribution in [0.4, 0.5) is 4.39 Å². The molecule has 0 aliphatic heterocycles. The summed E-state index contributed by atoms with van der Waals surface area (Å²) >= 11 is 0. The zero-order valence-electron chi connectivity index (χ0n) is 10.5. The van der Waals surface area contributed by atoms with Gasteiger partial charge in [0.25, 0.3) is 0 Å². The molecule has 2 nitrogen and oxygen atoms in total. The molecule has 0 spiro atoms.